The largest absolute Gasteiger partial charge is 0.457 e. The minimum atomic E-state index is -0.535. The van der Waals surface area contributed by atoms with Crippen LogP contribution in [0.2, 0.25) is 0 Å². The predicted molar refractivity (Wildman–Crippen MR) is 90.6 cm³/mol. The third-order valence-corrected chi connectivity index (χ3v) is 4.45. The molecule has 0 N–H and O–H groups in total. The lowest BCUT2D eigenvalue weighted by atomic mass is 10.0. The molecule has 0 radical (unpaired) electrons. The first-order chi connectivity index (χ1) is 12.0. The molecule has 0 amide bonds. The van der Waals surface area contributed by atoms with Gasteiger partial charge in [-0.25, -0.2) is 0 Å². The summed E-state index contributed by atoms with van der Waals surface area (Å²) < 4.78 is 17.0. The van der Waals surface area contributed by atoms with Crippen molar-refractivity contribution in [1.82, 2.24) is 4.90 Å². The molecular formula is C19H23NO5. The number of hydrogen-bond donors (Lipinski definition) is 0. The number of carbonyl (C=O) groups excluding carboxylic acids is 2. The van der Waals surface area contributed by atoms with Gasteiger partial charge in [0.2, 0.25) is 0 Å². The monoisotopic (exact) mass is 345 g/mol. The lowest BCUT2D eigenvalue weighted by Crippen LogP contribution is -2.49. The van der Waals surface area contributed by atoms with E-state index in [1.807, 2.05) is 42.5 Å². The molecule has 25 heavy (non-hydrogen) atoms. The Labute approximate surface area is 147 Å². The zero-order valence-electron chi connectivity index (χ0n) is 14.5. The summed E-state index contributed by atoms with van der Waals surface area (Å²) in [7, 11) is 0. The molecule has 2 heterocycles. The molecule has 0 saturated carbocycles. The summed E-state index contributed by atoms with van der Waals surface area (Å²) in [5.41, 5.74) is 1.08. The molecule has 1 aromatic rings. The van der Waals surface area contributed by atoms with Gasteiger partial charge in [-0.15, -0.1) is 0 Å². The summed E-state index contributed by atoms with van der Waals surface area (Å²) in [6.07, 6.45) is 2.78. The Kier molecular flexibility index (Phi) is 5.50. The lowest BCUT2D eigenvalue weighted by Gasteiger charge is -2.35. The van der Waals surface area contributed by atoms with Gasteiger partial charge in [-0.3, -0.25) is 14.5 Å². The average molecular weight is 345 g/mol. The minimum absolute atomic E-state index is 0.165. The fourth-order valence-electron chi connectivity index (χ4n) is 3.50. The SMILES string of the molecule is CC(=O)O[C@H]1[C@H]2[C@H](OCc3ccccc3)C=CCN2C[C@@H]1OC(C)=O. The van der Waals surface area contributed by atoms with Crippen LogP contribution in [0.25, 0.3) is 0 Å². The van der Waals surface area contributed by atoms with Crippen LogP contribution in [0.3, 0.4) is 0 Å². The molecule has 134 valence electrons. The van der Waals surface area contributed by atoms with Crippen molar-refractivity contribution < 1.29 is 23.8 Å². The van der Waals surface area contributed by atoms with Crippen molar-refractivity contribution >= 4 is 11.9 Å². The normalized spacial score (nSPS) is 28.4. The highest BCUT2D eigenvalue weighted by atomic mass is 16.6. The molecule has 2 aliphatic rings. The average Bonchev–Trinajstić information content (AvgIpc) is 2.90. The number of esters is 2. The molecule has 0 aromatic heterocycles. The predicted octanol–water partition coefficient (Wildman–Crippen LogP) is 1.69. The summed E-state index contributed by atoms with van der Waals surface area (Å²) >= 11 is 0. The number of rotatable bonds is 5. The number of fused-ring (bicyclic) bond motifs is 1. The highest BCUT2D eigenvalue weighted by Gasteiger charge is 2.50. The zero-order chi connectivity index (χ0) is 17.8. The van der Waals surface area contributed by atoms with Gasteiger partial charge in [-0.2, -0.15) is 0 Å². The molecule has 0 bridgehead atoms. The Morgan fingerprint density at radius 3 is 2.52 bits per heavy atom. The second-order valence-electron chi connectivity index (χ2n) is 6.36. The van der Waals surface area contributed by atoms with Crippen LogP contribution in [0.15, 0.2) is 42.5 Å². The molecule has 6 nitrogen and oxygen atoms in total. The summed E-state index contributed by atoms with van der Waals surface area (Å²) in [5, 5.41) is 0. The second kappa shape index (κ2) is 7.80. The molecule has 1 fully saturated rings. The Balaban J connectivity index is 1.74. The standard InChI is InChI=1S/C19H23NO5/c1-13(21)24-17-11-20-10-6-9-16(18(20)19(17)25-14(2)22)23-12-15-7-4-3-5-8-15/h3-9,16-19H,10-12H2,1-2H3/t16-,17+,18-,19-/m1/s1. The van der Waals surface area contributed by atoms with Crippen LogP contribution in [-0.4, -0.2) is 54.3 Å². The number of carbonyl (C=O) groups is 2. The van der Waals surface area contributed by atoms with E-state index in [1.54, 1.807) is 0 Å². The highest BCUT2D eigenvalue weighted by molar-refractivity contribution is 5.67. The van der Waals surface area contributed by atoms with Crippen LogP contribution in [0.5, 0.6) is 0 Å². The van der Waals surface area contributed by atoms with Crippen molar-refractivity contribution in [1.29, 1.82) is 0 Å². The third-order valence-electron chi connectivity index (χ3n) is 4.45. The molecule has 1 aromatic carbocycles. The van der Waals surface area contributed by atoms with E-state index in [0.717, 1.165) is 5.56 Å². The molecule has 3 rings (SSSR count). The van der Waals surface area contributed by atoms with Gasteiger partial charge < -0.3 is 14.2 Å². The molecule has 1 saturated heterocycles. The first-order valence-corrected chi connectivity index (χ1v) is 8.45. The van der Waals surface area contributed by atoms with Crippen molar-refractivity contribution in [2.24, 2.45) is 0 Å². The van der Waals surface area contributed by atoms with Crippen molar-refractivity contribution in [2.75, 3.05) is 13.1 Å². The van der Waals surface area contributed by atoms with Gasteiger partial charge in [-0.05, 0) is 5.56 Å². The van der Waals surface area contributed by atoms with E-state index in [9.17, 15) is 9.59 Å². The fraction of sp³-hybridized carbons (Fsp3) is 0.474. The van der Waals surface area contributed by atoms with Gasteiger partial charge in [0.25, 0.3) is 0 Å². The van der Waals surface area contributed by atoms with Gasteiger partial charge >= 0.3 is 11.9 Å². The molecule has 2 aliphatic heterocycles. The van der Waals surface area contributed by atoms with E-state index in [-0.39, 0.29) is 24.1 Å². The third kappa shape index (κ3) is 4.27. The molecule has 6 heteroatoms. The highest BCUT2D eigenvalue weighted by Crippen LogP contribution is 2.31. The maximum atomic E-state index is 11.6. The number of benzene rings is 1. The van der Waals surface area contributed by atoms with Crippen molar-refractivity contribution in [3.05, 3.63) is 48.0 Å². The molecule has 0 unspecified atom stereocenters. The zero-order valence-corrected chi connectivity index (χ0v) is 14.5. The molecule has 4 atom stereocenters. The van der Waals surface area contributed by atoms with Crippen LogP contribution in [-0.2, 0) is 30.4 Å². The fourth-order valence-corrected chi connectivity index (χ4v) is 3.50. The topological polar surface area (TPSA) is 65.1 Å². The number of nitrogens with zero attached hydrogens (tertiary/aromatic N) is 1. The van der Waals surface area contributed by atoms with Crippen LogP contribution in [0.4, 0.5) is 0 Å². The molecule has 0 aliphatic carbocycles. The number of ether oxygens (including phenoxy) is 3. The Morgan fingerprint density at radius 1 is 1.12 bits per heavy atom. The van der Waals surface area contributed by atoms with Crippen LogP contribution in [0.1, 0.15) is 19.4 Å². The van der Waals surface area contributed by atoms with Gasteiger partial charge in [0.05, 0.1) is 18.8 Å². The van der Waals surface area contributed by atoms with Gasteiger partial charge in [-0.1, -0.05) is 42.5 Å². The summed E-state index contributed by atoms with van der Waals surface area (Å²) in [6, 6.07) is 9.74. The van der Waals surface area contributed by atoms with Crippen LogP contribution < -0.4 is 0 Å². The Hall–Kier alpha value is -2.18. The van der Waals surface area contributed by atoms with E-state index in [4.69, 9.17) is 14.2 Å². The van der Waals surface area contributed by atoms with Crippen molar-refractivity contribution in [3.63, 3.8) is 0 Å². The maximum absolute atomic E-state index is 11.6. The Morgan fingerprint density at radius 2 is 1.84 bits per heavy atom. The van der Waals surface area contributed by atoms with Gasteiger partial charge in [0.15, 0.2) is 12.2 Å². The minimum Gasteiger partial charge on any atom is -0.457 e. The summed E-state index contributed by atoms with van der Waals surface area (Å²) in [5.74, 6) is -0.767. The van der Waals surface area contributed by atoms with Crippen molar-refractivity contribution in [2.45, 2.75) is 44.8 Å². The maximum Gasteiger partial charge on any atom is 0.303 e. The van der Waals surface area contributed by atoms with Crippen molar-refractivity contribution in [3.8, 4) is 0 Å². The first-order valence-electron chi connectivity index (χ1n) is 8.45. The quantitative estimate of drug-likeness (QED) is 0.598. The van der Waals surface area contributed by atoms with E-state index in [2.05, 4.69) is 4.90 Å². The number of hydrogen-bond acceptors (Lipinski definition) is 6. The smallest absolute Gasteiger partial charge is 0.303 e. The van der Waals surface area contributed by atoms with E-state index >= 15 is 0 Å². The van der Waals surface area contributed by atoms with E-state index in [0.29, 0.717) is 19.7 Å². The lowest BCUT2D eigenvalue weighted by molar-refractivity contribution is -0.164. The first kappa shape index (κ1) is 17.6. The van der Waals surface area contributed by atoms with Gasteiger partial charge in [0.1, 0.15) is 0 Å². The summed E-state index contributed by atoms with van der Waals surface area (Å²) in [6.45, 7) is 4.43. The molecular weight excluding hydrogens is 322 g/mol. The van der Waals surface area contributed by atoms with Gasteiger partial charge in [0, 0.05) is 26.9 Å². The van der Waals surface area contributed by atoms with E-state index < -0.39 is 12.2 Å². The molecule has 0 spiro atoms. The van der Waals surface area contributed by atoms with Crippen LogP contribution >= 0.6 is 0 Å². The van der Waals surface area contributed by atoms with E-state index in [1.165, 1.54) is 13.8 Å². The summed E-state index contributed by atoms with van der Waals surface area (Å²) in [4.78, 5) is 25.1. The van der Waals surface area contributed by atoms with Crippen LogP contribution in [0, 0.1) is 0 Å². The Bertz CT molecular complexity index is 644. The second-order valence-corrected chi connectivity index (χ2v) is 6.36.